The second-order valence-corrected chi connectivity index (χ2v) is 2.99. The topological polar surface area (TPSA) is 86.3 Å². The Morgan fingerprint density at radius 2 is 2.00 bits per heavy atom. The van der Waals surface area contributed by atoms with E-state index < -0.39 is 0 Å². The van der Waals surface area contributed by atoms with Crippen LogP contribution in [0.1, 0.15) is 5.56 Å². The molecule has 0 fully saturated rings. The van der Waals surface area contributed by atoms with Crippen LogP contribution in [0.3, 0.4) is 0 Å². The summed E-state index contributed by atoms with van der Waals surface area (Å²) in [5.41, 5.74) is 6.24. The fraction of sp³-hybridized carbons (Fsp3) is 0.0909. The molecule has 6 heteroatoms. The molecule has 92 valence electrons. The lowest BCUT2D eigenvalue weighted by atomic mass is 10.2. The van der Waals surface area contributed by atoms with Crippen molar-refractivity contribution in [2.24, 2.45) is 10.7 Å². The van der Waals surface area contributed by atoms with Crippen molar-refractivity contribution < 1.29 is 0 Å². The maximum absolute atomic E-state index is 7.05. The van der Waals surface area contributed by atoms with E-state index in [2.05, 4.69) is 15.6 Å². The lowest BCUT2D eigenvalue weighted by Crippen LogP contribution is -2.42. The highest BCUT2D eigenvalue weighted by atomic mass is 35.5. The summed E-state index contributed by atoms with van der Waals surface area (Å²) >= 11 is 0. The Morgan fingerprint density at radius 3 is 2.53 bits per heavy atom. The van der Waals surface area contributed by atoms with Crippen molar-refractivity contribution >= 4 is 30.4 Å². The lowest BCUT2D eigenvalue weighted by molar-refractivity contribution is 1.07. The smallest absolute Gasteiger partial charge is 0.202 e. The first-order valence-electron chi connectivity index (χ1n) is 4.80. The van der Waals surface area contributed by atoms with E-state index in [1.165, 1.54) is 0 Å². The van der Waals surface area contributed by atoms with Crippen LogP contribution in [0.2, 0.25) is 0 Å². The molecule has 5 N–H and O–H groups in total. The quantitative estimate of drug-likeness (QED) is 0.471. The molecule has 0 saturated heterocycles. The van der Waals surface area contributed by atoms with Crippen LogP contribution in [0.15, 0.2) is 41.5 Å². The van der Waals surface area contributed by atoms with E-state index in [-0.39, 0.29) is 18.4 Å². The van der Waals surface area contributed by atoms with Gasteiger partial charge in [-0.1, -0.05) is 30.3 Å². The van der Waals surface area contributed by atoms with Gasteiger partial charge in [-0.2, -0.15) is 0 Å². The summed E-state index contributed by atoms with van der Waals surface area (Å²) < 4.78 is 0. The van der Waals surface area contributed by atoms with E-state index in [0.717, 1.165) is 5.56 Å². The monoisotopic (exact) mass is 253 g/mol. The average molecular weight is 254 g/mol. The Kier molecular flexibility index (Phi) is 7.21. The number of hydrogen-bond donors (Lipinski definition) is 4. The predicted molar refractivity (Wildman–Crippen MR) is 74.3 cm³/mol. The van der Waals surface area contributed by atoms with Gasteiger partial charge in [0, 0.05) is 13.2 Å². The van der Waals surface area contributed by atoms with E-state index in [9.17, 15) is 0 Å². The van der Waals surface area contributed by atoms with Gasteiger partial charge in [-0.15, -0.1) is 12.4 Å². The van der Waals surface area contributed by atoms with Crippen LogP contribution in [0, 0.1) is 5.41 Å². The SMILES string of the molecule is CNC(=NC=Cc1ccccc1)NC(=N)N.Cl. The lowest BCUT2D eigenvalue weighted by Gasteiger charge is -2.04. The molecule has 0 bridgehead atoms. The number of hydrogen-bond acceptors (Lipinski definition) is 2. The molecule has 0 heterocycles. The number of nitrogens with two attached hydrogens (primary N) is 1. The van der Waals surface area contributed by atoms with Crippen molar-refractivity contribution in [2.75, 3.05) is 7.05 Å². The second kappa shape index (κ2) is 8.18. The number of benzene rings is 1. The molecule has 0 spiro atoms. The van der Waals surface area contributed by atoms with Crippen LogP contribution in [0.5, 0.6) is 0 Å². The van der Waals surface area contributed by atoms with Crippen LogP contribution < -0.4 is 16.4 Å². The first kappa shape index (κ1) is 15.0. The molecule has 0 atom stereocenters. The third-order valence-electron chi connectivity index (χ3n) is 1.76. The van der Waals surface area contributed by atoms with Crippen molar-refractivity contribution in [1.29, 1.82) is 5.41 Å². The highest BCUT2D eigenvalue weighted by molar-refractivity contribution is 5.96. The van der Waals surface area contributed by atoms with Crippen LogP contribution in [0.25, 0.3) is 6.08 Å². The van der Waals surface area contributed by atoms with Crippen LogP contribution in [0.4, 0.5) is 0 Å². The van der Waals surface area contributed by atoms with E-state index >= 15 is 0 Å². The standard InChI is InChI=1S/C11H15N5.ClH/c1-14-11(16-10(12)13)15-8-7-9-5-3-2-4-6-9;/h2-8H,1H3,(H5,12,13,14,15,16);1H. The molecule has 0 unspecified atom stereocenters. The summed E-state index contributed by atoms with van der Waals surface area (Å²) in [7, 11) is 1.70. The minimum absolute atomic E-state index is 0. The van der Waals surface area contributed by atoms with Crippen LogP contribution >= 0.6 is 12.4 Å². The Bertz CT molecular complexity index is 400. The highest BCUT2D eigenvalue weighted by Gasteiger charge is 1.92. The van der Waals surface area contributed by atoms with Gasteiger partial charge >= 0.3 is 0 Å². The fourth-order valence-corrected chi connectivity index (χ4v) is 1.05. The molecular weight excluding hydrogens is 238 g/mol. The zero-order chi connectivity index (χ0) is 11.8. The maximum atomic E-state index is 7.05. The van der Waals surface area contributed by atoms with Gasteiger partial charge in [0.25, 0.3) is 0 Å². The maximum Gasteiger partial charge on any atom is 0.202 e. The molecule has 1 aromatic rings. The minimum Gasteiger partial charge on any atom is -0.370 e. The minimum atomic E-state index is -0.152. The van der Waals surface area contributed by atoms with Crippen molar-refractivity contribution in [1.82, 2.24) is 10.6 Å². The molecule has 0 saturated carbocycles. The molecule has 0 aliphatic carbocycles. The van der Waals surface area contributed by atoms with Gasteiger partial charge in [0.05, 0.1) is 0 Å². The number of aliphatic imine (C=N–C) groups is 1. The normalized spacial score (nSPS) is 10.8. The van der Waals surface area contributed by atoms with Gasteiger partial charge in [-0.25, -0.2) is 4.99 Å². The molecule has 0 radical (unpaired) electrons. The average Bonchev–Trinajstić information content (AvgIpc) is 2.28. The number of nitrogens with one attached hydrogen (secondary N) is 3. The Morgan fingerprint density at radius 1 is 1.35 bits per heavy atom. The summed E-state index contributed by atoms with van der Waals surface area (Å²) in [6, 6.07) is 9.82. The number of nitrogens with zero attached hydrogens (tertiary/aromatic N) is 1. The van der Waals surface area contributed by atoms with Crippen molar-refractivity contribution in [3.8, 4) is 0 Å². The molecule has 1 aromatic carbocycles. The molecule has 0 aliphatic rings. The second-order valence-electron chi connectivity index (χ2n) is 2.99. The third-order valence-corrected chi connectivity index (χ3v) is 1.76. The molecule has 1 rings (SSSR count). The largest absolute Gasteiger partial charge is 0.370 e. The van der Waals surface area contributed by atoms with Crippen molar-refractivity contribution in [3.05, 3.63) is 42.1 Å². The Labute approximate surface area is 107 Å². The third kappa shape index (κ3) is 6.21. The summed E-state index contributed by atoms with van der Waals surface area (Å²) in [6.07, 6.45) is 3.50. The van der Waals surface area contributed by atoms with E-state index in [1.54, 1.807) is 13.2 Å². The van der Waals surface area contributed by atoms with Gasteiger partial charge < -0.3 is 11.1 Å². The first-order chi connectivity index (χ1) is 7.72. The van der Waals surface area contributed by atoms with E-state index in [4.69, 9.17) is 11.1 Å². The van der Waals surface area contributed by atoms with Crippen molar-refractivity contribution in [3.63, 3.8) is 0 Å². The summed E-state index contributed by atoms with van der Waals surface area (Å²) in [6.45, 7) is 0. The molecule has 0 aromatic heterocycles. The van der Waals surface area contributed by atoms with Crippen LogP contribution in [-0.2, 0) is 0 Å². The van der Waals surface area contributed by atoms with Crippen molar-refractivity contribution in [2.45, 2.75) is 0 Å². The van der Waals surface area contributed by atoms with Gasteiger partial charge in [-0.3, -0.25) is 10.7 Å². The van der Waals surface area contributed by atoms with Gasteiger partial charge in [0.1, 0.15) is 0 Å². The summed E-state index contributed by atoms with van der Waals surface area (Å²) in [4.78, 5) is 4.07. The molecular formula is C11H16ClN5. The summed E-state index contributed by atoms with van der Waals surface area (Å²) in [5.74, 6) is 0.279. The van der Waals surface area contributed by atoms with E-state index in [0.29, 0.717) is 5.96 Å². The highest BCUT2D eigenvalue weighted by Crippen LogP contribution is 2.00. The van der Waals surface area contributed by atoms with Gasteiger partial charge in [0.2, 0.25) is 5.96 Å². The number of guanidine groups is 2. The Balaban J connectivity index is 0.00000256. The molecule has 17 heavy (non-hydrogen) atoms. The summed E-state index contributed by atoms with van der Waals surface area (Å²) in [5, 5.41) is 12.4. The van der Waals surface area contributed by atoms with Gasteiger partial charge in [-0.05, 0) is 11.6 Å². The van der Waals surface area contributed by atoms with E-state index in [1.807, 2.05) is 36.4 Å². The molecule has 0 amide bonds. The molecule has 5 nitrogen and oxygen atoms in total. The number of halogens is 1. The predicted octanol–water partition coefficient (Wildman–Crippen LogP) is 1.14. The zero-order valence-electron chi connectivity index (χ0n) is 9.47. The van der Waals surface area contributed by atoms with Crippen LogP contribution in [-0.4, -0.2) is 19.0 Å². The van der Waals surface area contributed by atoms with Gasteiger partial charge in [0.15, 0.2) is 5.96 Å². The Hall–Kier alpha value is -2.01. The number of rotatable bonds is 2. The zero-order valence-corrected chi connectivity index (χ0v) is 10.3. The first-order valence-corrected chi connectivity index (χ1v) is 4.80. The fourth-order valence-electron chi connectivity index (χ4n) is 1.05. The molecule has 0 aliphatic heterocycles.